The molecule has 1 amide bonds. The van der Waals surface area contributed by atoms with Crippen molar-refractivity contribution in [2.75, 3.05) is 6.54 Å². The van der Waals surface area contributed by atoms with Gasteiger partial charge in [0.2, 0.25) is 11.8 Å². The van der Waals surface area contributed by atoms with Crippen molar-refractivity contribution >= 4 is 5.91 Å². The first-order valence-electron chi connectivity index (χ1n) is 8.64. The zero-order valence-electron chi connectivity index (χ0n) is 13.9. The van der Waals surface area contributed by atoms with Gasteiger partial charge in [-0.3, -0.25) is 4.79 Å². The Balaban J connectivity index is 1.41. The third-order valence-electron chi connectivity index (χ3n) is 4.52. The Kier molecular flexibility index (Phi) is 5.75. The number of aromatic nitrogens is 2. The second-order valence-corrected chi connectivity index (χ2v) is 6.40. The average Bonchev–Trinajstić information content (AvgIpc) is 3.29. The van der Waals surface area contributed by atoms with Gasteiger partial charge in [-0.2, -0.15) is 4.98 Å². The van der Waals surface area contributed by atoms with E-state index in [4.69, 9.17) is 4.52 Å². The number of aryl methyl sites for hydroxylation is 1. The topological polar surface area (TPSA) is 88.2 Å². The third kappa shape index (κ3) is 4.85. The summed E-state index contributed by atoms with van der Waals surface area (Å²) < 4.78 is 18.1. The first-order chi connectivity index (χ1) is 12.1. The minimum Gasteiger partial charge on any atom is -0.387 e. The lowest BCUT2D eigenvalue weighted by molar-refractivity contribution is -0.121. The minimum atomic E-state index is -0.873. The zero-order valence-corrected chi connectivity index (χ0v) is 13.9. The maximum absolute atomic E-state index is 12.9. The number of aliphatic hydroxyl groups excluding tert-OH is 1. The first kappa shape index (κ1) is 17.5. The number of amides is 1. The summed E-state index contributed by atoms with van der Waals surface area (Å²) in [6.07, 6.45) is 4.31. The highest BCUT2D eigenvalue weighted by Gasteiger charge is 2.22. The Bertz CT molecular complexity index is 696. The van der Waals surface area contributed by atoms with E-state index in [9.17, 15) is 14.3 Å². The molecular weight excluding hydrogens is 325 g/mol. The summed E-state index contributed by atoms with van der Waals surface area (Å²) in [4.78, 5) is 16.3. The van der Waals surface area contributed by atoms with Gasteiger partial charge in [0.15, 0.2) is 5.82 Å². The molecule has 134 valence electrons. The van der Waals surface area contributed by atoms with Gasteiger partial charge < -0.3 is 14.9 Å². The van der Waals surface area contributed by atoms with Gasteiger partial charge in [-0.15, -0.1) is 0 Å². The Hall–Kier alpha value is -2.28. The van der Waals surface area contributed by atoms with Crippen LogP contribution in [0.25, 0.3) is 0 Å². The number of aliphatic hydroxyl groups is 1. The van der Waals surface area contributed by atoms with Crippen LogP contribution in [-0.4, -0.2) is 27.7 Å². The second-order valence-electron chi connectivity index (χ2n) is 6.40. The third-order valence-corrected chi connectivity index (χ3v) is 4.52. The predicted molar refractivity (Wildman–Crippen MR) is 88.2 cm³/mol. The fourth-order valence-corrected chi connectivity index (χ4v) is 3.04. The number of halogens is 1. The molecule has 1 aliphatic rings. The summed E-state index contributed by atoms with van der Waals surface area (Å²) in [5.41, 5.74) is 0.555. The van der Waals surface area contributed by atoms with E-state index in [0.29, 0.717) is 23.8 Å². The van der Waals surface area contributed by atoms with Gasteiger partial charge in [-0.1, -0.05) is 30.1 Å². The van der Waals surface area contributed by atoms with E-state index in [2.05, 4.69) is 15.5 Å². The van der Waals surface area contributed by atoms with Gasteiger partial charge in [0.25, 0.3) is 0 Å². The van der Waals surface area contributed by atoms with Crippen LogP contribution in [0.1, 0.15) is 61.4 Å². The lowest BCUT2D eigenvalue weighted by atomic mass is 10.1. The van der Waals surface area contributed by atoms with Crippen molar-refractivity contribution in [3.63, 3.8) is 0 Å². The zero-order chi connectivity index (χ0) is 17.6. The molecule has 1 unspecified atom stereocenters. The normalized spacial score (nSPS) is 16.1. The number of benzene rings is 1. The van der Waals surface area contributed by atoms with E-state index >= 15 is 0 Å². The van der Waals surface area contributed by atoms with Crippen molar-refractivity contribution in [3.05, 3.63) is 47.4 Å². The Labute approximate surface area is 145 Å². The number of nitrogens with zero attached hydrogens (tertiary/aromatic N) is 2. The molecule has 6 nitrogen and oxygen atoms in total. The van der Waals surface area contributed by atoms with Crippen LogP contribution in [0.4, 0.5) is 4.39 Å². The number of carbonyl (C=O) groups is 1. The van der Waals surface area contributed by atoms with Crippen molar-refractivity contribution in [2.45, 2.75) is 50.5 Å². The molecule has 0 spiro atoms. The molecule has 0 saturated heterocycles. The van der Waals surface area contributed by atoms with Crippen LogP contribution >= 0.6 is 0 Å². The van der Waals surface area contributed by atoms with E-state index < -0.39 is 6.10 Å². The van der Waals surface area contributed by atoms with Crippen LogP contribution in [0, 0.1) is 5.82 Å². The largest absolute Gasteiger partial charge is 0.387 e. The van der Waals surface area contributed by atoms with Crippen molar-refractivity contribution in [3.8, 4) is 0 Å². The van der Waals surface area contributed by atoms with Crippen LogP contribution in [0.3, 0.4) is 0 Å². The molecule has 3 rings (SSSR count). The molecule has 0 radical (unpaired) electrons. The van der Waals surface area contributed by atoms with Crippen LogP contribution < -0.4 is 5.32 Å². The van der Waals surface area contributed by atoms with E-state index in [0.717, 1.165) is 18.7 Å². The molecular formula is C18H22FN3O3. The average molecular weight is 347 g/mol. The van der Waals surface area contributed by atoms with Crippen LogP contribution in [-0.2, 0) is 11.2 Å². The SMILES string of the molecule is O=C(CCc1nc(C2CCCC2)no1)NCC(O)c1ccc(F)cc1. The fourth-order valence-electron chi connectivity index (χ4n) is 3.04. The fraction of sp³-hybridized carbons (Fsp3) is 0.500. The molecule has 1 aliphatic carbocycles. The summed E-state index contributed by atoms with van der Waals surface area (Å²) >= 11 is 0. The molecule has 1 aromatic carbocycles. The van der Waals surface area contributed by atoms with Crippen LogP contribution in [0.2, 0.25) is 0 Å². The van der Waals surface area contributed by atoms with Crippen molar-refractivity contribution in [2.24, 2.45) is 0 Å². The van der Waals surface area contributed by atoms with Gasteiger partial charge >= 0.3 is 0 Å². The molecule has 1 aromatic heterocycles. The van der Waals surface area contributed by atoms with Gasteiger partial charge in [0.1, 0.15) is 5.82 Å². The van der Waals surface area contributed by atoms with E-state index in [-0.39, 0.29) is 24.7 Å². The standard InChI is InChI=1S/C18H22FN3O3/c19-14-7-5-12(6-8-14)15(23)11-20-16(24)9-10-17-21-18(22-25-17)13-3-1-2-4-13/h5-8,13,15,23H,1-4,9-11H2,(H,20,24). The quantitative estimate of drug-likeness (QED) is 0.804. The number of carbonyl (C=O) groups excluding carboxylic acids is 1. The Morgan fingerprint density at radius 1 is 1.32 bits per heavy atom. The van der Waals surface area contributed by atoms with Gasteiger partial charge in [-0.05, 0) is 30.5 Å². The molecule has 1 fully saturated rings. The summed E-state index contributed by atoms with van der Waals surface area (Å²) in [6.45, 7) is 0.0711. The molecule has 0 bridgehead atoms. The first-order valence-corrected chi connectivity index (χ1v) is 8.64. The van der Waals surface area contributed by atoms with E-state index in [1.54, 1.807) is 0 Å². The summed E-state index contributed by atoms with van der Waals surface area (Å²) in [7, 11) is 0. The summed E-state index contributed by atoms with van der Waals surface area (Å²) in [5, 5.41) is 16.7. The number of nitrogens with one attached hydrogen (secondary N) is 1. The van der Waals surface area contributed by atoms with Gasteiger partial charge in [0.05, 0.1) is 6.10 Å². The molecule has 25 heavy (non-hydrogen) atoms. The number of hydrogen-bond acceptors (Lipinski definition) is 5. The smallest absolute Gasteiger partial charge is 0.227 e. The van der Waals surface area contributed by atoms with Gasteiger partial charge in [0, 0.05) is 25.3 Å². The lowest BCUT2D eigenvalue weighted by Crippen LogP contribution is -2.28. The minimum absolute atomic E-state index is 0.0711. The lowest BCUT2D eigenvalue weighted by Gasteiger charge is -2.12. The van der Waals surface area contributed by atoms with Crippen LogP contribution in [0.5, 0.6) is 0 Å². The highest BCUT2D eigenvalue weighted by atomic mass is 19.1. The van der Waals surface area contributed by atoms with Crippen molar-refractivity contribution < 1.29 is 18.8 Å². The molecule has 1 heterocycles. The molecule has 0 aliphatic heterocycles. The van der Waals surface area contributed by atoms with Crippen molar-refractivity contribution in [1.29, 1.82) is 0 Å². The highest BCUT2D eigenvalue weighted by Crippen LogP contribution is 2.32. The number of hydrogen-bond donors (Lipinski definition) is 2. The Morgan fingerprint density at radius 2 is 2.04 bits per heavy atom. The van der Waals surface area contributed by atoms with Crippen molar-refractivity contribution in [1.82, 2.24) is 15.5 Å². The monoisotopic (exact) mass is 347 g/mol. The number of rotatable bonds is 7. The molecule has 2 N–H and O–H groups in total. The summed E-state index contributed by atoms with van der Waals surface area (Å²) in [6, 6.07) is 5.54. The molecule has 1 saturated carbocycles. The molecule has 1 atom stereocenters. The van der Waals surface area contributed by atoms with Crippen LogP contribution in [0.15, 0.2) is 28.8 Å². The molecule has 7 heteroatoms. The maximum atomic E-state index is 12.9. The Morgan fingerprint density at radius 3 is 2.76 bits per heavy atom. The van der Waals surface area contributed by atoms with Gasteiger partial charge in [-0.25, -0.2) is 4.39 Å². The second kappa shape index (κ2) is 8.20. The molecule has 2 aromatic rings. The van der Waals surface area contributed by atoms with E-state index in [1.807, 2.05) is 0 Å². The van der Waals surface area contributed by atoms with E-state index in [1.165, 1.54) is 37.1 Å². The summed E-state index contributed by atoms with van der Waals surface area (Å²) in [5.74, 6) is 1.03. The maximum Gasteiger partial charge on any atom is 0.227 e. The highest BCUT2D eigenvalue weighted by molar-refractivity contribution is 5.76. The predicted octanol–water partition coefficient (Wildman–Crippen LogP) is 2.65.